The second-order valence-corrected chi connectivity index (χ2v) is 7.88. The lowest BCUT2D eigenvalue weighted by molar-refractivity contribution is -0.136. The van der Waals surface area contributed by atoms with Crippen LogP contribution in [0.4, 0.5) is 0 Å². The van der Waals surface area contributed by atoms with Crippen LogP contribution in [0.3, 0.4) is 0 Å². The molecule has 4 aromatic rings. The fourth-order valence-corrected chi connectivity index (χ4v) is 3.57. The lowest BCUT2D eigenvalue weighted by Gasteiger charge is -2.13. The van der Waals surface area contributed by atoms with Gasteiger partial charge in [-0.25, -0.2) is 0 Å². The Labute approximate surface area is 193 Å². The average molecular weight is 440 g/mol. The highest BCUT2D eigenvalue weighted by molar-refractivity contribution is 5.68. The molecule has 0 saturated carbocycles. The summed E-state index contributed by atoms with van der Waals surface area (Å²) in [6, 6.07) is 25.0. The van der Waals surface area contributed by atoms with Gasteiger partial charge in [0.25, 0.3) is 0 Å². The predicted molar refractivity (Wildman–Crippen MR) is 128 cm³/mol. The van der Waals surface area contributed by atoms with E-state index in [1.54, 1.807) is 6.20 Å². The first kappa shape index (κ1) is 22.1. The summed E-state index contributed by atoms with van der Waals surface area (Å²) in [6.07, 6.45) is 2.38. The summed E-state index contributed by atoms with van der Waals surface area (Å²) in [5.74, 6) is 1.91. The van der Waals surface area contributed by atoms with Crippen LogP contribution in [0.2, 0.25) is 0 Å². The largest absolute Gasteiger partial charge is 0.481 e. The van der Waals surface area contributed by atoms with Crippen molar-refractivity contribution < 1.29 is 19.4 Å². The monoisotopic (exact) mass is 439 g/mol. The standard InChI is InChI=1S/C28H25NO4/c1-19-9-13-27(25(16-19)26-8-3-4-15-29-26)33-23-7-5-6-22(18-23)32-24-12-10-21(20(2)17-24)11-14-28(30)31/h3-10,12-13,15-18H,11,14H2,1-2H3,(H,30,31). The van der Waals surface area contributed by atoms with Gasteiger partial charge < -0.3 is 14.6 Å². The number of aryl methyl sites for hydroxylation is 3. The topological polar surface area (TPSA) is 68.7 Å². The highest BCUT2D eigenvalue weighted by Crippen LogP contribution is 2.35. The molecule has 166 valence electrons. The van der Waals surface area contributed by atoms with E-state index in [0.717, 1.165) is 33.7 Å². The fraction of sp³-hybridized carbons (Fsp3) is 0.143. The lowest BCUT2D eigenvalue weighted by atomic mass is 10.0. The summed E-state index contributed by atoms with van der Waals surface area (Å²) in [5.41, 5.74) is 4.91. The second kappa shape index (κ2) is 10.0. The van der Waals surface area contributed by atoms with Gasteiger partial charge in [0.2, 0.25) is 0 Å². The van der Waals surface area contributed by atoms with E-state index < -0.39 is 5.97 Å². The number of rotatable bonds is 8. The number of carbonyl (C=O) groups is 1. The molecule has 0 atom stereocenters. The number of ether oxygens (including phenoxy) is 2. The van der Waals surface area contributed by atoms with Crippen LogP contribution >= 0.6 is 0 Å². The number of hydrogen-bond acceptors (Lipinski definition) is 4. The number of aliphatic carboxylic acids is 1. The summed E-state index contributed by atoms with van der Waals surface area (Å²) in [5, 5.41) is 8.90. The van der Waals surface area contributed by atoms with Crippen molar-refractivity contribution in [3.63, 3.8) is 0 Å². The quantitative estimate of drug-likeness (QED) is 0.321. The van der Waals surface area contributed by atoms with E-state index in [9.17, 15) is 4.79 Å². The van der Waals surface area contributed by atoms with Crippen molar-refractivity contribution in [2.45, 2.75) is 26.7 Å². The first-order valence-corrected chi connectivity index (χ1v) is 10.8. The van der Waals surface area contributed by atoms with Gasteiger partial charge in [0.1, 0.15) is 23.0 Å². The second-order valence-electron chi connectivity index (χ2n) is 7.88. The summed E-state index contributed by atoms with van der Waals surface area (Å²) in [7, 11) is 0. The van der Waals surface area contributed by atoms with Crippen molar-refractivity contribution in [1.29, 1.82) is 0 Å². The Morgan fingerprint density at radius 1 is 0.848 bits per heavy atom. The van der Waals surface area contributed by atoms with Crippen LogP contribution < -0.4 is 9.47 Å². The highest BCUT2D eigenvalue weighted by Gasteiger charge is 2.10. The van der Waals surface area contributed by atoms with Crippen molar-refractivity contribution in [2.75, 3.05) is 0 Å². The average Bonchev–Trinajstić information content (AvgIpc) is 2.80. The minimum atomic E-state index is -0.800. The lowest BCUT2D eigenvalue weighted by Crippen LogP contribution is -1.99. The zero-order valence-electron chi connectivity index (χ0n) is 18.6. The van der Waals surface area contributed by atoms with E-state index in [-0.39, 0.29) is 6.42 Å². The van der Waals surface area contributed by atoms with Gasteiger partial charge in [-0.2, -0.15) is 0 Å². The van der Waals surface area contributed by atoms with Gasteiger partial charge >= 0.3 is 5.97 Å². The molecule has 1 heterocycles. The smallest absolute Gasteiger partial charge is 0.303 e. The Morgan fingerprint density at radius 3 is 2.36 bits per heavy atom. The first-order chi connectivity index (χ1) is 16.0. The van der Waals surface area contributed by atoms with Crippen molar-refractivity contribution in [3.05, 3.63) is 102 Å². The molecule has 0 amide bonds. The molecule has 1 aromatic heterocycles. The van der Waals surface area contributed by atoms with Crippen LogP contribution in [-0.4, -0.2) is 16.1 Å². The van der Waals surface area contributed by atoms with E-state index in [0.29, 0.717) is 23.7 Å². The van der Waals surface area contributed by atoms with E-state index >= 15 is 0 Å². The number of aromatic nitrogens is 1. The summed E-state index contributed by atoms with van der Waals surface area (Å²) < 4.78 is 12.3. The fourth-order valence-electron chi connectivity index (χ4n) is 3.57. The molecule has 3 aromatic carbocycles. The zero-order valence-corrected chi connectivity index (χ0v) is 18.6. The predicted octanol–water partition coefficient (Wildman–Crippen LogP) is 6.97. The summed E-state index contributed by atoms with van der Waals surface area (Å²) >= 11 is 0. The van der Waals surface area contributed by atoms with E-state index in [1.807, 2.05) is 86.6 Å². The number of carboxylic acids is 1. The zero-order chi connectivity index (χ0) is 23.2. The molecule has 0 bridgehead atoms. The molecule has 4 rings (SSSR count). The van der Waals surface area contributed by atoms with Crippen LogP contribution in [-0.2, 0) is 11.2 Å². The Bertz CT molecular complexity index is 1270. The van der Waals surface area contributed by atoms with Crippen molar-refractivity contribution in [1.82, 2.24) is 4.98 Å². The minimum absolute atomic E-state index is 0.111. The van der Waals surface area contributed by atoms with Gasteiger partial charge in [-0.05, 0) is 79.9 Å². The number of carboxylic acid groups (broad SMARTS) is 1. The number of benzene rings is 3. The van der Waals surface area contributed by atoms with Gasteiger partial charge in [0, 0.05) is 24.2 Å². The third kappa shape index (κ3) is 5.77. The highest BCUT2D eigenvalue weighted by atomic mass is 16.5. The normalized spacial score (nSPS) is 10.6. The van der Waals surface area contributed by atoms with Crippen LogP contribution in [0.1, 0.15) is 23.1 Å². The maximum atomic E-state index is 10.8. The van der Waals surface area contributed by atoms with Crippen molar-refractivity contribution in [3.8, 4) is 34.3 Å². The third-order valence-corrected chi connectivity index (χ3v) is 5.27. The molecule has 0 spiro atoms. The van der Waals surface area contributed by atoms with Crippen molar-refractivity contribution >= 4 is 5.97 Å². The Morgan fingerprint density at radius 2 is 1.64 bits per heavy atom. The summed E-state index contributed by atoms with van der Waals surface area (Å²) in [6.45, 7) is 4.00. The molecule has 0 aliphatic carbocycles. The Hall–Kier alpha value is -4.12. The molecule has 5 nitrogen and oxygen atoms in total. The number of hydrogen-bond donors (Lipinski definition) is 1. The van der Waals surface area contributed by atoms with E-state index in [2.05, 4.69) is 11.1 Å². The molecular weight excluding hydrogens is 414 g/mol. The van der Waals surface area contributed by atoms with Gasteiger partial charge in [0.05, 0.1) is 5.69 Å². The van der Waals surface area contributed by atoms with Crippen LogP contribution in [0.5, 0.6) is 23.0 Å². The molecule has 0 unspecified atom stereocenters. The van der Waals surface area contributed by atoms with E-state index in [1.165, 1.54) is 0 Å². The van der Waals surface area contributed by atoms with Gasteiger partial charge in [-0.15, -0.1) is 0 Å². The van der Waals surface area contributed by atoms with Crippen LogP contribution in [0.25, 0.3) is 11.3 Å². The molecule has 0 aliphatic rings. The third-order valence-electron chi connectivity index (χ3n) is 5.27. The van der Waals surface area contributed by atoms with Gasteiger partial charge in [0.15, 0.2) is 0 Å². The number of nitrogens with zero attached hydrogens (tertiary/aromatic N) is 1. The van der Waals surface area contributed by atoms with Crippen LogP contribution in [0.15, 0.2) is 85.1 Å². The molecule has 0 fully saturated rings. The minimum Gasteiger partial charge on any atom is -0.481 e. The molecule has 5 heteroatoms. The van der Waals surface area contributed by atoms with E-state index in [4.69, 9.17) is 14.6 Å². The molecule has 0 radical (unpaired) electrons. The maximum absolute atomic E-state index is 10.8. The summed E-state index contributed by atoms with van der Waals surface area (Å²) in [4.78, 5) is 15.3. The first-order valence-electron chi connectivity index (χ1n) is 10.8. The Kier molecular flexibility index (Phi) is 6.69. The molecule has 0 aliphatic heterocycles. The number of pyridine rings is 1. The van der Waals surface area contributed by atoms with Crippen LogP contribution in [0, 0.1) is 13.8 Å². The Balaban J connectivity index is 1.53. The molecule has 33 heavy (non-hydrogen) atoms. The molecular formula is C28H25NO4. The molecule has 1 N–H and O–H groups in total. The SMILES string of the molecule is Cc1ccc(Oc2cccc(Oc3ccc(CCC(=O)O)c(C)c3)c2)c(-c2ccccn2)c1. The molecule has 0 saturated heterocycles. The maximum Gasteiger partial charge on any atom is 0.303 e. The van der Waals surface area contributed by atoms with Crippen molar-refractivity contribution in [2.24, 2.45) is 0 Å². The van der Waals surface area contributed by atoms with Gasteiger partial charge in [-0.3, -0.25) is 9.78 Å². The van der Waals surface area contributed by atoms with Gasteiger partial charge in [-0.1, -0.05) is 29.8 Å².